The first-order valence-corrected chi connectivity index (χ1v) is 10.2. The van der Waals surface area contributed by atoms with Crippen molar-refractivity contribution in [2.75, 3.05) is 37.7 Å². The van der Waals surface area contributed by atoms with Crippen molar-refractivity contribution in [3.05, 3.63) is 53.9 Å². The van der Waals surface area contributed by atoms with Gasteiger partial charge in [-0.05, 0) is 36.2 Å². The second-order valence-corrected chi connectivity index (χ2v) is 7.76. The zero-order valence-corrected chi connectivity index (χ0v) is 15.6. The highest BCUT2D eigenvalue weighted by Gasteiger charge is 2.13. The van der Waals surface area contributed by atoms with Crippen LogP contribution in [0, 0.1) is 0 Å². The Morgan fingerprint density at radius 2 is 1.85 bits per heavy atom. The maximum absolute atomic E-state index is 12.2. The lowest BCUT2D eigenvalue weighted by Gasteiger charge is -2.28. The Bertz CT molecular complexity index is 877. The Hall–Kier alpha value is -2.49. The largest absolute Gasteiger partial charge is 0.378 e. The van der Waals surface area contributed by atoms with Crippen LogP contribution in [0.3, 0.4) is 0 Å². The fourth-order valence-corrected chi connectivity index (χ4v) is 3.30. The molecule has 3 N–H and O–H groups in total. The van der Waals surface area contributed by atoms with Crippen LogP contribution in [0.15, 0.2) is 47.5 Å². The van der Waals surface area contributed by atoms with Crippen LogP contribution in [0.1, 0.15) is 16.1 Å². The van der Waals surface area contributed by atoms with Crippen LogP contribution in [-0.2, 0) is 21.2 Å². The van der Waals surface area contributed by atoms with Gasteiger partial charge < -0.3 is 15.0 Å². The van der Waals surface area contributed by atoms with Crippen molar-refractivity contribution < 1.29 is 17.9 Å². The molecule has 3 rings (SSSR count). The Labute approximate surface area is 158 Å². The molecule has 1 aromatic heterocycles. The van der Waals surface area contributed by atoms with Crippen molar-refractivity contribution in [1.82, 2.24) is 10.3 Å². The molecule has 0 aliphatic carbocycles. The van der Waals surface area contributed by atoms with E-state index < -0.39 is 10.0 Å². The molecular weight excluding hydrogens is 368 g/mol. The number of hydrogen-bond donors (Lipinski definition) is 2. The van der Waals surface area contributed by atoms with E-state index >= 15 is 0 Å². The van der Waals surface area contributed by atoms with Crippen LogP contribution in [0.4, 0.5) is 5.69 Å². The first kappa shape index (κ1) is 19.3. The smallest absolute Gasteiger partial charge is 0.269 e. The number of amides is 1. The number of morpholine rings is 1. The van der Waals surface area contributed by atoms with Gasteiger partial charge in [-0.1, -0.05) is 12.1 Å². The number of benzene rings is 1. The Kier molecular flexibility index (Phi) is 6.04. The number of hydrogen-bond acceptors (Lipinski definition) is 6. The monoisotopic (exact) mass is 390 g/mol. The van der Waals surface area contributed by atoms with Gasteiger partial charge in [0.15, 0.2) is 0 Å². The topological polar surface area (TPSA) is 115 Å². The number of sulfonamides is 1. The predicted octanol–water partition coefficient (Wildman–Crippen LogP) is 0.538. The van der Waals surface area contributed by atoms with E-state index in [0.29, 0.717) is 31.9 Å². The maximum atomic E-state index is 12.2. The number of pyridine rings is 1. The summed E-state index contributed by atoms with van der Waals surface area (Å²) in [6.07, 6.45) is 2.27. The number of nitrogens with two attached hydrogens (primary N) is 1. The summed E-state index contributed by atoms with van der Waals surface area (Å²) < 4.78 is 27.8. The Balaban J connectivity index is 1.50. The van der Waals surface area contributed by atoms with Gasteiger partial charge in [-0.15, -0.1) is 0 Å². The quantitative estimate of drug-likeness (QED) is 0.744. The maximum Gasteiger partial charge on any atom is 0.269 e. The molecule has 9 heteroatoms. The van der Waals surface area contributed by atoms with Crippen molar-refractivity contribution in [1.29, 1.82) is 0 Å². The van der Waals surface area contributed by atoms with E-state index in [1.165, 1.54) is 12.1 Å². The van der Waals surface area contributed by atoms with E-state index in [2.05, 4.69) is 15.2 Å². The summed E-state index contributed by atoms with van der Waals surface area (Å²) in [4.78, 5) is 18.7. The molecule has 0 atom stereocenters. The molecule has 1 amide bonds. The van der Waals surface area contributed by atoms with Gasteiger partial charge in [0.2, 0.25) is 10.0 Å². The third-order valence-electron chi connectivity index (χ3n) is 4.31. The molecule has 144 valence electrons. The second-order valence-electron chi connectivity index (χ2n) is 6.20. The van der Waals surface area contributed by atoms with E-state index in [1.807, 2.05) is 6.07 Å². The minimum Gasteiger partial charge on any atom is -0.378 e. The third kappa shape index (κ3) is 5.25. The molecule has 0 saturated carbocycles. The zero-order valence-electron chi connectivity index (χ0n) is 14.8. The SMILES string of the molecule is NS(=O)(=O)c1ccc(CCNC(=O)c2ccc(N3CCOCC3)cn2)cc1. The summed E-state index contributed by atoms with van der Waals surface area (Å²) >= 11 is 0. The molecule has 1 aliphatic rings. The van der Waals surface area contributed by atoms with Gasteiger partial charge in [0.25, 0.3) is 5.91 Å². The predicted molar refractivity (Wildman–Crippen MR) is 101 cm³/mol. The van der Waals surface area contributed by atoms with Crippen LogP contribution < -0.4 is 15.4 Å². The van der Waals surface area contributed by atoms with Crippen molar-refractivity contribution in [3.8, 4) is 0 Å². The molecule has 0 radical (unpaired) electrons. The lowest BCUT2D eigenvalue weighted by molar-refractivity contribution is 0.0949. The minimum absolute atomic E-state index is 0.0693. The number of anilines is 1. The van der Waals surface area contributed by atoms with Gasteiger partial charge in [-0.3, -0.25) is 4.79 Å². The summed E-state index contributed by atoms with van der Waals surface area (Å²) in [5, 5.41) is 7.88. The summed E-state index contributed by atoms with van der Waals surface area (Å²) in [7, 11) is -3.69. The van der Waals surface area contributed by atoms with Gasteiger partial charge in [-0.2, -0.15) is 0 Å². The van der Waals surface area contributed by atoms with Crippen LogP contribution in [0.25, 0.3) is 0 Å². The molecule has 0 spiro atoms. The first-order chi connectivity index (χ1) is 12.9. The van der Waals surface area contributed by atoms with E-state index in [-0.39, 0.29) is 10.8 Å². The molecule has 2 heterocycles. The summed E-state index contributed by atoms with van der Waals surface area (Å²) in [5.74, 6) is -0.246. The fourth-order valence-electron chi connectivity index (χ4n) is 2.79. The van der Waals surface area contributed by atoms with Crippen LogP contribution in [0.2, 0.25) is 0 Å². The molecule has 8 nitrogen and oxygen atoms in total. The van der Waals surface area contributed by atoms with Crippen molar-refractivity contribution in [3.63, 3.8) is 0 Å². The highest BCUT2D eigenvalue weighted by atomic mass is 32.2. The lowest BCUT2D eigenvalue weighted by Crippen LogP contribution is -2.36. The third-order valence-corrected chi connectivity index (χ3v) is 5.24. The van der Waals surface area contributed by atoms with E-state index in [1.54, 1.807) is 24.4 Å². The first-order valence-electron chi connectivity index (χ1n) is 8.62. The molecule has 1 fully saturated rings. The van der Waals surface area contributed by atoms with Crippen LogP contribution in [0.5, 0.6) is 0 Å². The second kappa shape index (κ2) is 8.47. The molecule has 2 aromatic rings. The molecule has 27 heavy (non-hydrogen) atoms. The summed E-state index contributed by atoms with van der Waals surface area (Å²) in [6, 6.07) is 9.87. The average molecular weight is 390 g/mol. The summed E-state index contributed by atoms with van der Waals surface area (Å²) in [5.41, 5.74) is 2.24. The molecule has 1 aromatic carbocycles. The molecular formula is C18H22N4O4S. The van der Waals surface area contributed by atoms with Gasteiger partial charge >= 0.3 is 0 Å². The lowest BCUT2D eigenvalue weighted by atomic mass is 10.1. The number of nitrogens with zero attached hydrogens (tertiary/aromatic N) is 2. The standard InChI is InChI=1S/C18H22N4O4S/c19-27(24,25)16-4-1-14(2-5-16)7-8-20-18(23)17-6-3-15(13-21-17)22-9-11-26-12-10-22/h1-6,13H,7-12H2,(H,20,23)(H2,19,24,25). The summed E-state index contributed by atoms with van der Waals surface area (Å²) in [6.45, 7) is 3.44. The Morgan fingerprint density at radius 1 is 1.15 bits per heavy atom. The normalized spacial score (nSPS) is 14.8. The fraction of sp³-hybridized carbons (Fsp3) is 0.333. The Morgan fingerprint density at radius 3 is 2.44 bits per heavy atom. The minimum atomic E-state index is -3.69. The van der Waals surface area contributed by atoms with Gasteiger partial charge in [0.1, 0.15) is 5.69 Å². The number of nitrogens with one attached hydrogen (secondary N) is 1. The number of ether oxygens (including phenoxy) is 1. The van der Waals surface area contributed by atoms with Crippen LogP contribution in [-0.4, -0.2) is 52.2 Å². The van der Waals surface area contributed by atoms with Gasteiger partial charge in [0.05, 0.1) is 30.0 Å². The van der Waals surface area contributed by atoms with E-state index in [4.69, 9.17) is 9.88 Å². The van der Waals surface area contributed by atoms with E-state index in [0.717, 1.165) is 24.3 Å². The van der Waals surface area contributed by atoms with Crippen molar-refractivity contribution >= 4 is 21.6 Å². The van der Waals surface area contributed by atoms with Crippen molar-refractivity contribution in [2.45, 2.75) is 11.3 Å². The average Bonchev–Trinajstić information content (AvgIpc) is 2.68. The molecule has 0 bridgehead atoms. The number of rotatable bonds is 6. The van der Waals surface area contributed by atoms with Gasteiger partial charge in [0, 0.05) is 19.6 Å². The van der Waals surface area contributed by atoms with Crippen LogP contribution >= 0.6 is 0 Å². The van der Waals surface area contributed by atoms with Crippen molar-refractivity contribution in [2.24, 2.45) is 5.14 Å². The zero-order chi connectivity index (χ0) is 19.3. The van der Waals surface area contributed by atoms with Gasteiger partial charge in [-0.25, -0.2) is 18.5 Å². The molecule has 1 aliphatic heterocycles. The number of carbonyl (C=O) groups is 1. The number of carbonyl (C=O) groups excluding carboxylic acids is 1. The highest BCUT2D eigenvalue weighted by Crippen LogP contribution is 2.14. The molecule has 0 unspecified atom stereocenters. The highest BCUT2D eigenvalue weighted by molar-refractivity contribution is 7.89. The molecule has 1 saturated heterocycles. The van der Waals surface area contributed by atoms with E-state index in [9.17, 15) is 13.2 Å². The number of primary sulfonamides is 1. The number of aromatic nitrogens is 1.